The Bertz CT molecular complexity index is 1130. The van der Waals surface area contributed by atoms with Crippen molar-refractivity contribution in [2.75, 3.05) is 12.4 Å². The number of fused-ring (bicyclic) bond motifs is 2. The smallest absolute Gasteiger partial charge is 0.272 e. The van der Waals surface area contributed by atoms with Crippen molar-refractivity contribution in [2.45, 2.75) is 45.6 Å². The minimum atomic E-state index is -0.229. The maximum atomic E-state index is 13.2. The van der Waals surface area contributed by atoms with Gasteiger partial charge in [-0.3, -0.25) is 9.59 Å². The topological polar surface area (TPSA) is 72.4 Å². The largest absolute Gasteiger partial charge is 0.496 e. The first-order chi connectivity index (χ1) is 14.4. The molecule has 2 amide bonds. The molecule has 1 aromatic carbocycles. The Kier molecular flexibility index (Phi) is 5.56. The number of thiophene rings is 1. The lowest BCUT2D eigenvalue weighted by Gasteiger charge is -2.14. The zero-order valence-corrected chi connectivity index (χ0v) is 18.6. The second-order valence-electron chi connectivity index (χ2n) is 7.98. The number of carbonyl (C=O) groups excluding carboxylic acids is 2. The number of anilines is 1. The predicted octanol–water partition coefficient (Wildman–Crippen LogP) is 4.52. The predicted molar refractivity (Wildman–Crippen MR) is 121 cm³/mol. The summed E-state index contributed by atoms with van der Waals surface area (Å²) in [6, 6.07) is 7.62. The Balaban J connectivity index is 1.72. The van der Waals surface area contributed by atoms with Gasteiger partial charge in [-0.25, -0.2) is 0 Å². The van der Waals surface area contributed by atoms with Crippen LogP contribution in [0.1, 0.15) is 58.0 Å². The van der Waals surface area contributed by atoms with Crippen LogP contribution in [-0.4, -0.2) is 29.5 Å². The van der Waals surface area contributed by atoms with E-state index in [1.54, 1.807) is 7.11 Å². The Hall–Kier alpha value is -2.80. The van der Waals surface area contributed by atoms with Crippen molar-refractivity contribution in [3.8, 4) is 5.75 Å². The summed E-state index contributed by atoms with van der Waals surface area (Å²) in [4.78, 5) is 27.4. The van der Waals surface area contributed by atoms with Crippen LogP contribution >= 0.6 is 11.3 Å². The zero-order valence-electron chi connectivity index (χ0n) is 17.8. The van der Waals surface area contributed by atoms with Crippen molar-refractivity contribution < 1.29 is 14.3 Å². The molecule has 1 aliphatic rings. The molecule has 3 aromatic rings. The lowest BCUT2D eigenvalue weighted by molar-refractivity contribution is 0.0943. The highest BCUT2D eigenvalue weighted by Gasteiger charge is 2.27. The average Bonchev–Trinajstić information content (AvgIpc) is 3.25. The van der Waals surface area contributed by atoms with Gasteiger partial charge >= 0.3 is 0 Å². The molecule has 2 aromatic heterocycles. The fourth-order valence-electron chi connectivity index (χ4n) is 4.12. The number of aromatic nitrogens is 1. The third-order valence-electron chi connectivity index (χ3n) is 5.54. The molecule has 7 heteroatoms. The number of carbonyl (C=O) groups is 2. The summed E-state index contributed by atoms with van der Waals surface area (Å²) in [6.07, 6.45) is 4.04. The molecule has 0 radical (unpaired) electrons. The van der Waals surface area contributed by atoms with Crippen molar-refractivity contribution in [2.24, 2.45) is 7.05 Å². The van der Waals surface area contributed by atoms with Crippen LogP contribution in [-0.2, 0) is 19.9 Å². The molecule has 0 aliphatic heterocycles. The number of nitrogens with one attached hydrogen (secondary N) is 2. The van der Waals surface area contributed by atoms with Crippen LogP contribution in [0.25, 0.3) is 10.9 Å². The van der Waals surface area contributed by atoms with Gasteiger partial charge in [0.05, 0.1) is 18.2 Å². The third kappa shape index (κ3) is 3.58. The first-order valence-electron chi connectivity index (χ1n) is 10.3. The van der Waals surface area contributed by atoms with Gasteiger partial charge in [0, 0.05) is 23.4 Å². The normalized spacial score (nSPS) is 13.4. The number of ether oxygens (including phenoxy) is 1. The summed E-state index contributed by atoms with van der Waals surface area (Å²) in [5.41, 5.74) is 3.17. The monoisotopic (exact) mass is 425 g/mol. The summed E-state index contributed by atoms with van der Waals surface area (Å²) in [5.74, 6) is 0.386. The average molecular weight is 426 g/mol. The van der Waals surface area contributed by atoms with Gasteiger partial charge in [0.1, 0.15) is 16.4 Å². The van der Waals surface area contributed by atoms with Gasteiger partial charge in [0.2, 0.25) is 0 Å². The van der Waals surface area contributed by atoms with E-state index in [0.29, 0.717) is 16.3 Å². The highest BCUT2D eigenvalue weighted by atomic mass is 32.1. The molecule has 0 saturated heterocycles. The summed E-state index contributed by atoms with van der Waals surface area (Å²) < 4.78 is 7.30. The zero-order chi connectivity index (χ0) is 21.4. The van der Waals surface area contributed by atoms with Gasteiger partial charge in [-0.15, -0.1) is 11.3 Å². The van der Waals surface area contributed by atoms with Crippen molar-refractivity contribution in [3.05, 3.63) is 46.0 Å². The maximum Gasteiger partial charge on any atom is 0.272 e. The van der Waals surface area contributed by atoms with Crippen molar-refractivity contribution in [3.63, 3.8) is 0 Å². The molecule has 2 heterocycles. The quantitative estimate of drug-likeness (QED) is 0.631. The van der Waals surface area contributed by atoms with Gasteiger partial charge in [0.25, 0.3) is 11.8 Å². The van der Waals surface area contributed by atoms with E-state index in [2.05, 4.69) is 10.6 Å². The lowest BCUT2D eigenvalue weighted by atomic mass is 9.95. The molecule has 0 atom stereocenters. The minimum absolute atomic E-state index is 0.0332. The molecular weight excluding hydrogens is 398 g/mol. The molecule has 0 fully saturated rings. The molecule has 0 saturated carbocycles. The second kappa shape index (κ2) is 8.14. The molecular formula is C23H27N3O3S. The number of hydrogen-bond acceptors (Lipinski definition) is 4. The standard InChI is InChI=1S/C23H27N3O3S/c1-13(2)24-22(28)20-14-8-5-6-11-19(14)30-23(20)25-21(27)17-12-15-16(26(17)3)9-7-10-18(15)29-4/h7,9-10,12-13H,5-6,8,11H2,1-4H3,(H,24,28)(H,25,27). The van der Waals surface area contributed by atoms with Gasteiger partial charge in [-0.2, -0.15) is 0 Å². The van der Waals surface area contributed by atoms with E-state index in [0.717, 1.165) is 47.9 Å². The fourth-order valence-corrected chi connectivity index (χ4v) is 5.41. The van der Waals surface area contributed by atoms with E-state index in [9.17, 15) is 9.59 Å². The number of rotatable bonds is 5. The number of aryl methyl sites for hydroxylation is 2. The molecule has 0 bridgehead atoms. The Morgan fingerprint density at radius 1 is 1.17 bits per heavy atom. The second-order valence-corrected chi connectivity index (χ2v) is 9.08. The maximum absolute atomic E-state index is 13.2. The highest BCUT2D eigenvalue weighted by Crippen LogP contribution is 2.38. The lowest BCUT2D eigenvalue weighted by Crippen LogP contribution is -2.31. The molecule has 0 unspecified atom stereocenters. The van der Waals surface area contributed by atoms with Gasteiger partial charge in [-0.1, -0.05) is 6.07 Å². The molecule has 2 N–H and O–H groups in total. The van der Waals surface area contributed by atoms with Crippen LogP contribution in [0.15, 0.2) is 24.3 Å². The van der Waals surface area contributed by atoms with Crippen molar-refractivity contribution in [1.82, 2.24) is 9.88 Å². The molecule has 0 spiro atoms. The molecule has 158 valence electrons. The number of nitrogens with zero attached hydrogens (tertiary/aromatic N) is 1. The van der Waals surface area contributed by atoms with Gasteiger partial charge in [0.15, 0.2) is 0 Å². The van der Waals surface area contributed by atoms with Gasteiger partial charge < -0.3 is 19.9 Å². The number of methoxy groups -OCH3 is 1. The Labute approximate surface area is 180 Å². The summed E-state index contributed by atoms with van der Waals surface area (Å²) in [5, 5.41) is 7.55. The van der Waals surface area contributed by atoms with E-state index in [1.165, 1.54) is 16.2 Å². The molecule has 1 aliphatic carbocycles. The molecule has 6 nitrogen and oxygen atoms in total. The first-order valence-corrected chi connectivity index (χ1v) is 11.1. The van der Waals surface area contributed by atoms with Crippen LogP contribution < -0.4 is 15.4 Å². The fraction of sp³-hybridized carbons (Fsp3) is 0.391. The van der Waals surface area contributed by atoms with E-state index < -0.39 is 0 Å². The number of hydrogen-bond donors (Lipinski definition) is 2. The summed E-state index contributed by atoms with van der Waals surface area (Å²) in [6.45, 7) is 3.88. The van der Waals surface area contributed by atoms with E-state index >= 15 is 0 Å². The highest BCUT2D eigenvalue weighted by molar-refractivity contribution is 7.17. The molecule has 30 heavy (non-hydrogen) atoms. The van der Waals surface area contributed by atoms with Crippen LogP contribution in [0.4, 0.5) is 5.00 Å². The number of benzene rings is 1. The minimum Gasteiger partial charge on any atom is -0.496 e. The first kappa shape index (κ1) is 20.5. The number of amides is 2. The van der Waals surface area contributed by atoms with Crippen LogP contribution in [0.5, 0.6) is 5.75 Å². The van der Waals surface area contributed by atoms with Gasteiger partial charge in [-0.05, 0) is 63.3 Å². The third-order valence-corrected chi connectivity index (χ3v) is 6.75. The van der Waals surface area contributed by atoms with E-state index in [-0.39, 0.29) is 17.9 Å². The van der Waals surface area contributed by atoms with Crippen LogP contribution in [0, 0.1) is 0 Å². The SMILES string of the molecule is COc1cccc2c1cc(C(=O)Nc1sc3c(c1C(=O)NC(C)C)CCCC3)n2C. The Morgan fingerprint density at radius 2 is 1.93 bits per heavy atom. The summed E-state index contributed by atoms with van der Waals surface area (Å²) in [7, 11) is 3.49. The summed E-state index contributed by atoms with van der Waals surface area (Å²) >= 11 is 1.53. The van der Waals surface area contributed by atoms with Crippen LogP contribution in [0.2, 0.25) is 0 Å². The van der Waals surface area contributed by atoms with Crippen molar-refractivity contribution in [1.29, 1.82) is 0 Å². The molecule has 4 rings (SSSR count). The van der Waals surface area contributed by atoms with E-state index in [4.69, 9.17) is 4.74 Å². The Morgan fingerprint density at radius 3 is 2.67 bits per heavy atom. The van der Waals surface area contributed by atoms with Crippen molar-refractivity contribution >= 4 is 39.1 Å². The van der Waals surface area contributed by atoms with E-state index in [1.807, 2.05) is 49.7 Å². The van der Waals surface area contributed by atoms with Crippen LogP contribution in [0.3, 0.4) is 0 Å².